The molecule has 6 rings (SSSR count). The number of fused-ring (bicyclic) bond motifs is 3. The Balaban J connectivity index is 1.73. The van der Waals surface area contributed by atoms with Crippen LogP contribution in [0.4, 0.5) is 5.69 Å². The van der Waals surface area contributed by atoms with Crippen LogP contribution in [0.15, 0.2) is 76.1 Å². The molecule has 0 amide bonds. The highest BCUT2D eigenvalue weighted by Crippen LogP contribution is 2.40. The molecule has 2 heterocycles. The average molecular weight is 347 g/mol. The van der Waals surface area contributed by atoms with Crippen LogP contribution in [0, 0.1) is 13.8 Å². The van der Waals surface area contributed by atoms with Gasteiger partial charge in [0.2, 0.25) is 0 Å². The molecular formula is C25H17NO. The normalized spacial score (nSPS) is 13.0. The maximum atomic E-state index is 6.30. The van der Waals surface area contributed by atoms with Gasteiger partial charge in [0.1, 0.15) is 11.2 Å². The van der Waals surface area contributed by atoms with Gasteiger partial charge in [0, 0.05) is 27.3 Å². The summed E-state index contributed by atoms with van der Waals surface area (Å²) >= 11 is 0. The van der Waals surface area contributed by atoms with Gasteiger partial charge in [-0.05, 0) is 60.7 Å². The lowest BCUT2D eigenvalue weighted by Gasteiger charge is -2.08. The standard InChI is InChI=1S/C25H17NO/c1-14-10-16-6-5-8-21-23(16)19(12-14)24(26-21)20-13-15(2)11-18-17-7-3-4-9-22(17)27-25(18)20/h3-13H,1-2H3. The van der Waals surface area contributed by atoms with Crippen molar-refractivity contribution in [2.75, 3.05) is 0 Å². The van der Waals surface area contributed by atoms with Crippen LogP contribution in [0.25, 0.3) is 32.7 Å². The first-order valence-corrected chi connectivity index (χ1v) is 9.24. The van der Waals surface area contributed by atoms with E-state index in [4.69, 9.17) is 9.41 Å². The molecule has 2 heteroatoms. The lowest BCUT2D eigenvalue weighted by Crippen LogP contribution is -2.02. The van der Waals surface area contributed by atoms with Crippen LogP contribution in [0.3, 0.4) is 0 Å². The summed E-state index contributed by atoms with van der Waals surface area (Å²) in [5, 5.41) is 4.80. The third-order valence-electron chi connectivity index (χ3n) is 5.46. The monoisotopic (exact) mass is 347 g/mol. The van der Waals surface area contributed by atoms with Crippen molar-refractivity contribution in [3.63, 3.8) is 0 Å². The number of aryl methyl sites for hydroxylation is 2. The van der Waals surface area contributed by atoms with Gasteiger partial charge in [-0.1, -0.05) is 36.4 Å². The first-order valence-electron chi connectivity index (χ1n) is 9.24. The number of aliphatic imine (C=N–C) groups is 1. The molecule has 0 N–H and O–H groups in total. The van der Waals surface area contributed by atoms with Gasteiger partial charge in [0.25, 0.3) is 0 Å². The number of hydrogen-bond acceptors (Lipinski definition) is 2. The Labute approximate surface area is 156 Å². The maximum absolute atomic E-state index is 6.30. The Morgan fingerprint density at radius 2 is 1.56 bits per heavy atom. The molecule has 2 nitrogen and oxygen atoms in total. The number of rotatable bonds is 1. The molecule has 0 fully saturated rings. The van der Waals surface area contributed by atoms with Crippen LogP contribution in [0.2, 0.25) is 0 Å². The molecule has 128 valence electrons. The average Bonchev–Trinajstić information content (AvgIpc) is 3.21. The molecule has 0 bridgehead atoms. The molecule has 0 aliphatic carbocycles. The summed E-state index contributed by atoms with van der Waals surface area (Å²) in [5.41, 5.74) is 8.63. The van der Waals surface area contributed by atoms with Crippen molar-refractivity contribution in [3.05, 3.63) is 89.0 Å². The van der Waals surface area contributed by atoms with E-state index in [2.05, 4.69) is 68.4 Å². The molecule has 27 heavy (non-hydrogen) atoms. The third kappa shape index (κ3) is 1.98. The van der Waals surface area contributed by atoms with Crippen molar-refractivity contribution >= 4 is 44.1 Å². The zero-order valence-corrected chi connectivity index (χ0v) is 15.2. The van der Waals surface area contributed by atoms with E-state index in [-0.39, 0.29) is 0 Å². The maximum Gasteiger partial charge on any atom is 0.144 e. The number of nitrogens with zero attached hydrogens (tertiary/aromatic N) is 1. The molecule has 4 aromatic carbocycles. The van der Waals surface area contributed by atoms with Crippen LogP contribution in [-0.2, 0) is 0 Å². The number of para-hydroxylation sites is 1. The van der Waals surface area contributed by atoms with Crippen molar-refractivity contribution in [3.8, 4) is 0 Å². The van der Waals surface area contributed by atoms with Gasteiger partial charge in [-0.3, -0.25) is 0 Å². The Hall–Kier alpha value is -3.39. The highest BCUT2D eigenvalue weighted by Gasteiger charge is 2.24. The summed E-state index contributed by atoms with van der Waals surface area (Å²) in [6.45, 7) is 4.28. The van der Waals surface area contributed by atoms with E-state index < -0.39 is 0 Å². The minimum Gasteiger partial charge on any atom is -0.455 e. The first-order chi connectivity index (χ1) is 13.2. The molecule has 5 aromatic rings. The molecule has 1 aliphatic heterocycles. The summed E-state index contributed by atoms with van der Waals surface area (Å²) in [7, 11) is 0. The van der Waals surface area contributed by atoms with Crippen molar-refractivity contribution in [1.82, 2.24) is 0 Å². The minimum atomic E-state index is 0.919. The summed E-state index contributed by atoms with van der Waals surface area (Å²) in [4.78, 5) is 5.03. The fourth-order valence-corrected chi connectivity index (χ4v) is 4.37. The van der Waals surface area contributed by atoms with Gasteiger partial charge in [0.05, 0.1) is 11.4 Å². The van der Waals surface area contributed by atoms with E-state index in [0.29, 0.717) is 0 Å². The van der Waals surface area contributed by atoms with Crippen LogP contribution in [0.1, 0.15) is 22.3 Å². The summed E-state index contributed by atoms with van der Waals surface area (Å²) in [6.07, 6.45) is 0. The second-order valence-electron chi connectivity index (χ2n) is 7.44. The fourth-order valence-electron chi connectivity index (χ4n) is 4.37. The zero-order valence-electron chi connectivity index (χ0n) is 15.2. The van der Waals surface area contributed by atoms with Crippen LogP contribution >= 0.6 is 0 Å². The lowest BCUT2D eigenvalue weighted by atomic mass is 9.94. The molecule has 1 aliphatic rings. The Bertz CT molecular complexity index is 1440. The second-order valence-corrected chi connectivity index (χ2v) is 7.44. The molecule has 0 atom stereocenters. The van der Waals surface area contributed by atoms with Gasteiger partial charge in [-0.15, -0.1) is 0 Å². The third-order valence-corrected chi connectivity index (χ3v) is 5.46. The van der Waals surface area contributed by atoms with Crippen LogP contribution in [-0.4, -0.2) is 5.71 Å². The van der Waals surface area contributed by atoms with E-state index in [1.54, 1.807) is 0 Å². The fraction of sp³-hybridized carbons (Fsp3) is 0.0800. The smallest absolute Gasteiger partial charge is 0.144 e. The highest BCUT2D eigenvalue weighted by molar-refractivity contribution is 6.30. The molecule has 1 aromatic heterocycles. The van der Waals surface area contributed by atoms with Crippen molar-refractivity contribution in [2.24, 2.45) is 4.99 Å². The second kappa shape index (κ2) is 5.08. The van der Waals surface area contributed by atoms with Gasteiger partial charge >= 0.3 is 0 Å². The zero-order chi connectivity index (χ0) is 18.1. The van der Waals surface area contributed by atoms with Crippen molar-refractivity contribution in [2.45, 2.75) is 13.8 Å². The van der Waals surface area contributed by atoms with E-state index in [1.807, 2.05) is 12.1 Å². The number of benzene rings is 4. The number of hydrogen-bond donors (Lipinski definition) is 0. The Morgan fingerprint density at radius 3 is 2.48 bits per heavy atom. The number of furan rings is 1. The summed E-state index contributed by atoms with van der Waals surface area (Å²) in [5.74, 6) is 0. The predicted octanol–water partition coefficient (Wildman–Crippen LogP) is 6.84. The molecule has 0 saturated carbocycles. The van der Waals surface area contributed by atoms with Crippen molar-refractivity contribution in [1.29, 1.82) is 0 Å². The lowest BCUT2D eigenvalue weighted by molar-refractivity contribution is 0.668. The molecule has 0 unspecified atom stereocenters. The van der Waals surface area contributed by atoms with E-state index >= 15 is 0 Å². The van der Waals surface area contributed by atoms with Gasteiger partial charge in [-0.2, -0.15) is 0 Å². The van der Waals surface area contributed by atoms with E-state index in [0.717, 1.165) is 38.9 Å². The van der Waals surface area contributed by atoms with Gasteiger partial charge < -0.3 is 4.42 Å². The molecule has 0 saturated heterocycles. The van der Waals surface area contributed by atoms with E-state index in [9.17, 15) is 0 Å². The molecular weight excluding hydrogens is 330 g/mol. The molecule has 0 radical (unpaired) electrons. The first kappa shape index (κ1) is 14.7. The largest absolute Gasteiger partial charge is 0.455 e. The summed E-state index contributed by atoms with van der Waals surface area (Å²) in [6, 6.07) is 23.5. The predicted molar refractivity (Wildman–Crippen MR) is 112 cm³/mol. The SMILES string of the molecule is Cc1cc2c3c(cccc3c1)N=C2c1cc(C)cc2c1oc1ccccc12. The van der Waals surface area contributed by atoms with Gasteiger partial charge in [-0.25, -0.2) is 4.99 Å². The van der Waals surface area contributed by atoms with Crippen LogP contribution < -0.4 is 0 Å². The topological polar surface area (TPSA) is 25.5 Å². The minimum absolute atomic E-state index is 0.919. The van der Waals surface area contributed by atoms with E-state index in [1.165, 1.54) is 27.5 Å². The van der Waals surface area contributed by atoms with Crippen LogP contribution in [0.5, 0.6) is 0 Å². The Morgan fingerprint density at radius 1 is 0.741 bits per heavy atom. The highest BCUT2D eigenvalue weighted by atomic mass is 16.3. The van der Waals surface area contributed by atoms with Crippen molar-refractivity contribution < 1.29 is 4.42 Å². The Kier molecular flexibility index (Phi) is 2.77. The van der Waals surface area contributed by atoms with Gasteiger partial charge in [0.15, 0.2) is 0 Å². The quantitative estimate of drug-likeness (QED) is 0.320. The molecule has 0 spiro atoms. The summed E-state index contributed by atoms with van der Waals surface area (Å²) < 4.78 is 6.30.